The molecule has 7 heteroatoms. The van der Waals surface area contributed by atoms with E-state index in [2.05, 4.69) is 40.0 Å². The van der Waals surface area contributed by atoms with Crippen molar-refractivity contribution in [2.24, 2.45) is 20.0 Å². The van der Waals surface area contributed by atoms with Gasteiger partial charge < -0.3 is 10.2 Å². The summed E-state index contributed by atoms with van der Waals surface area (Å²) in [6.07, 6.45) is 0. The lowest BCUT2D eigenvalue weighted by Gasteiger charge is -2.25. The van der Waals surface area contributed by atoms with Crippen molar-refractivity contribution in [3.8, 4) is 0 Å². The number of imidazole rings is 1. The van der Waals surface area contributed by atoms with Gasteiger partial charge >= 0.3 is 5.69 Å². The molecule has 1 aromatic heterocycles. The van der Waals surface area contributed by atoms with Crippen molar-refractivity contribution in [3.63, 3.8) is 0 Å². The van der Waals surface area contributed by atoms with Gasteiger partial charge in [-0.15, -0.1) is 0 Å². The molecule has 0 saturated carbocycles. The van der Waals surface area contributed by atoms with Gasteiger partial charge in [-0.25, -0.2) is 4.79 Å². The molecule has 0 bridgehead atoms. The van der Waals surface area contributed by atoms with Crippen LogP contribution in [-0.4, -0.2) is 33.0 Å². The van der Waals surface area contributed by atoms with Crippen LogP contribution in [0.2, 0.25) is 0 Å². The number of hydrogen-bond donors (Lipinski definition) is 1. The zero-order valence-electron chi connectivity index (χ0n) is 15.8. The highest BCUT2D eigenvalue weighted by molar-refractivity contribution is 9.10. The number of aromatic nitrogens is 2. The third-order valence-electron chi connectivity index (χ3n) is 4.59. The number of carbonyl (C=O) groups is 1. The predicted octanol–water partition coefficient (Wildman–Crippen LogP) is 3.08. The molecule has 0 radical (unpaired) electrons. The number of alkyl halides is 1. The molecule has 1 atom stereocenters. The van der Waals surface area contributed by atoms with Crippen molar-refractivity contribution in [3.05, 3.63) is 22.6 Å². The third-order valence-corrected chi connectivity index (χ3v) is 6.06. The Hall–Kier alpha value is -1.76. The molecule has 6 nitrogen and oxygen atoms in total. The zero-order valence-corrected chi connectivity index (χ0v) is 17.3. The fourth-order valence-corrected chi connectivity index (χ4v) is 3.08. The summed E-state index contributed by atoms with van der Waals surface area (Å²) in [4.78, 5) is 26.7. The summed E-state index contributed by atoms with van der Waals surface area (Å²) >= 11 is 3.46. The van der Waals surface area contributed by atoms with Crippen LogP contribution in [0.3, 0.4) is 0 Å². The number of carbonyl (C=O) groups excluding carboxylic acids is 1. The van der Waals surface area contributed by atoms with Gasteiger partial charge in [0.25, 0.3) is 0 Å². The molecule has 0 unspecified atom stereocenters. The fourth-order valence-electron chi connectivity index (χ4n) is 2.96. The topological polar surface area (TPSA) is 59.3 Å². The molecule has 138 valence electrons. The summed E-state index contributed by atoms with van der Waals surface area (Å²) in [5.74, 6) is 0.102. The monoisotopic (exact) mass is 410 g/mol. The average molecular weight is 411 g/mol. The molecule has 2 aromatic rings. The number of rotatable bonds is 6. The van der Waals surface area contributed by atoms with E-state index in [1.165, 1.54) is 0 Å². The van der Waals surface area contributed by atoms with Crippen LogP contribution in [0.25, 0.3) is 11.0 Å². The Morgan fingerprint density at radius 3 is 2.16 bits per heavy atom. The number of anilines is 2. The van der Waals surface area contributed by atoms with E-state index in [1.54, 1.807) is 23.2 Å². The Morgan fingerprint density at radius 2 is 1.68 bits per heavy atom. The first-order chi connectivity index (χ1) is 11.7. The second-order valence-electron chi connectivity index (χ2n) is 6.57. The molecule has 25 heavy (non-hydrogen) atoms. The highest BCUT2D eigenvalue weighted by Crippen LogP contribution is 2.31. The lowest BCUT2D eigenvalue weighted by atomic mass is 10.1. The lowest BCUT2D eigenvalue weighted by molar-refractivity contribution is -0.116. The standard InChI is InChI=1S/C18H27BrN4O2/c1-7-23(8-2)13-10-15-14(21(5)18(25)22(15)6)9-12(13)20-17(24)16(19)11(3)4/h9-11,16H,7-8H2,1-6H3,(H,20,24)/t16-/m1/s1. The van der Waals surface area contributed by atoms with Crippen molar-refractivity contribution >= 4 is 44.2 Å². The van der Waals surface area contributed by atoms with Gasteiger partial charge in [0.2, 0.25) is 5.91 Å². The van der Waals surface area contributed by atoms with Gasteiger partial charge in [0, 0.05) is 27.2 Å². The van der Waals surface area contributed by atoms with Crippen molar-refractivity contribution in [2.45, 2.75) is 32.5 Å². The summed E-state index contributed by atoms with van der Waals surface area (Å²) in [5, 5.41) is 3.04. The van der Waals surface area contributed by atoms with Gasteiger partial charge in [0.1, 0.15) is 0 Å². The normalized spacial score (nSPS) is 12.6. The summed E-state index contributed by atoms with van der Waals surface area (Å²) in [5.41, 5.74) is 3.23. The van der Waals surface area contributed by atoms with E-state index in [9.17, 15) is 9.59 Å². The van der Waals surface area contributed by atoms with Crippen molar-refractivity contribution < 1.29 is 4.79 Å². The van der Waals surface area contributed by atoms with Gasteiger partial charge in [0.15, 0.2) is 0 Å². The first kappa shape index (κ1) is 19.6. The van der Waals surface area contributed by atoms with Crippen LogP contribution in [0.15, 0.2) is 16.9 Å². The lowest BCUT2D eigenvalue weighted by Crippen LogP contribution is -2.29. The molecule has 2 rings (SSSR count). The van der Waals surface area contributed by atoms with E-state index in [-0.39, 0.29) is 22.3 Å². The number of fused-ring (bicyclic) bond motifs is 1. The van der Waals surface area contributed by atoms with Crippen LogP contribution in [-0.2, 0) is 18.9 Å². The Bertz CT molecular complexity index is 834. The number of hydrogen-bond acceptors (Lipinski definition) is 3. The second-order valence-corrected chi connectivity index (χ2v) is 7.55. The van der Waals surface area contributed by atoms with Gasteiger partial charge in [0.05, 0.1) is 27.2 Å². The van der Waals surface area contributed by atoms with Gasteiger partial charge in [-0.1, -0.05) is 29.8 Å². The van der Waals surface area contributed by atoms with Crippen molar-refractivity contribution in [1.82, 2.24) is 9.13 Å². The SMILES string of the molecule is CCN(CC)c1cc2c(cc1NC(=O)[C@H](Br)C(C)C)n(C)c(=O)n2C. The molecule has 1 amide bonds. The number of halogens is 1. The number of amides is 1. The first-order valence-electron chi connectivity index (χ1n) is 8.62. The average Bonchev–Trinajstić information content (AvgIpc) is 2.79. The van der Waals surface area contributed by atoms with Crippen LogP contribution >= 0.6 is 15.9 Å². The fraction of sp³-hybridized carbons (Fsp3) is 0.556. The minimum atomic E-state index is -0.271. The molecular formula is C18H27BrN4O2. The van der Waals surface area contributed by atoms with E-state index < -0.39 is 0 Å². The highest BCUT2D eigenvalue weighted by Gasteiger charge is 2.22. The molecule has 1 N–H and O–H groups in total. The van der Waals surface area contributed by atoms with Crippen LogP contribution < -0.4 is 15.9 Å². The maximum atomic E-state index is 12.5. The van der Waals surface area contributed by atoms with E-state index in [0.29, 0.717) is 0 Å². The number of nitrogens with zero attached hydrogens (tertiary/aromatic N) is 3. The Labute approximate surface area is 156 Å². The van der Waals surface area contributed by atoms with Crippen LogP contribution in [0.1, 0.15) is 27.7 Å². The molecule has 0 aliphatic rings. The predicted molar refractivity (Wildman–Crippen MR) is 108 cm³/mol. The minimum Gasteiger partial charge on any atom is -0.370 e. The largest absolute Gasteiger partial charge is 0.370 e. The van der Waals surface area contributed by atoms with Crippen LogP contribution in [0.4, 0.5) is 11.4 Å². The molecular weight excluding hydrogens is 384 g/mol. The minimum absolute atomic E-state index is 0.0791. The molecule has 0 aliphatic heterocycles. The number of nitrogens with one attached hydrogen (secondary N) is 1. The third kappa shape index (κ3) is 3.61. The maximum Gasteiger partial charge on any atom is 0.328 e. The van der Waals surface area contributed by atoms with E-state index in [4.69, 9.17) is 0 Å². The van der Waals surface area contributed by atoms with Gasteiger partial charge in [-0.05, 0) is 31.9 Å². The Kier molecular flexibility index (Phi) is 5.98. The van der Waals surface area contributed by atoms with Gasteiger partial charge in [-0.2, -0.15) is 0 Å². The summed E-state index contributed by atoms with van der Waals surface area (Å²) in [6.45, 7) is 9.76. The number of aryl methyl sites for hydroxylation is 2. The van der Waals surface area contributed by atoms with Crippen LogP contribution in [0.5, 0.6) is 0 Å². The Morgan fingerprint density at radius 1 is 1.16 bits per heavy atom. The van der Waals surface area contributed by atoms with Gasteiger partial charge in [-0.3, -0.25) is 13.9 Å². The van der Waals surface area contributed by atoms with Crippen molar-refractivity contribution in [2.75, 3.05) is 23.3 Å². The van der Waals surface area contributed by atoms with E-state index in [1.807, 2.05) is 26.0 Å². The maximum absolute atomic E-state index is 12.5. The Balaban J connectivity index is 2.63. The quantitative estimate of drug-likeness (QED) is 0.744. The summed E-state index contributed by atoms with van der Waals surface area (Å²) in [7, 11) is 3.51. The van der Waals surface area contributed by atoms with E-state index >= 15 is 0 Å². The van der Waals surface area contributed by atoms with E-state index in [0.717, 1.165) is 35.5 Å². The summed E-state index contributed by atoms with van der Waals surface area (Å²) < 4.78 is 3.24. The zero-order chi connectivity index (χ0) is 18.9. The molecule has 0 spiro atoms. The molecule has 0 aliphatic carbocycles. The van der Waals surface area contributed by atoms with Crippen LogP contribution in [0, 0.1) is 5.92 Å². The summed E-state index contributed by atoms with van der Waals surface area (Å²) in [6, 6.07) is 3.88. The molecule has 0 fully saturated rings. The second kappa shape index (κ2) is 7.64. The molecule has 1 aromatic carbocycles. The molecule has 0 saturated heterocycles. The van der Waals surface area contributed by atoms with Crippen molar-refractivity contribution in [1.29, 1.82) is 0 Å². The highest BCUT2D eigenvalue weighted by atomic mass is 79.9. The first-order valence-corrected chi connectivity index (χ1v) is 9.53. The molecule has 1 heterocycles. The number of benzene rings is 1. The smallest absolute Gasteiger partial charge is 0.328 e.